The summed E-state index contributed by atoms with van der Waals surface area (Å²) in [5, 5.41) is 0.718. The molecule has 0 atom stereocenters. The lowest BCUT2D eigenvalue weighted by atomic mass is 9.95. The van der Waals surface area contributed by atoms with E-state index in [9.17, 15) is 4.79 Å². The van der Waals surface area contributed by atoms with Crippen LogP contribution in [0.3, 0.4) is 0 Å². The number of aryl methyl sites for hydroxylation is 3. The predicted molar refractivity (Wildman–Crippen MR) is 105 cm³/mol. The molecule has 5 nitrogen and oxygen atoms in total. The molecule has 0 aromatic carbocycles. The minimum absolute atomic E-state index is 0.0519. The fraction of sp³-hybridized carbons (Fsp3) is 0.611. The van der Waals surface area contributed by atoms with Crippen molar-refractivity contribution in [1.29, 1.82) is 0 Å². The second kappa shape index (κ2) is 6.76. The molecule has 0 aliphatic carbocycles. The smallest absolute Gasteiger partial charge is 0.233 e. The first-order valence-electron chi connectivity index (χ1n) is 8.22. The van der Waals surface area contributed by atoms with Gasteiger partial charge in [-0.2, -0.15) is 0 Å². The van der Waals surface area contributed by atoms with Gasteiger partial charge in [0.15, 0.2) is 5.13 Å². The van der Waals surface area contributed by atoms with E-state index in [-0.39, 0.29) is 10.7 Å². The molecule has 2 aromatic heterocycles. The number of hydrogen-bond acceptors (Lipinski definition) is 6. The number of rotatable bonds is 4. The van der Waals surface area contributed by atoms with Crippen molar-refractivity contribution in [2.24, 2.45) is 5.41 Å². The number of thiazole rings is 1. The monoisotopic (exact) mass is 381 g/mol. The third kappa shape index (κ3) is 4.26. The van der Waals surface area contributed by atoms with E-state index in [0.29, 0.717) is 5.89 Å². The number of hydrogen-bond donors (Lipinski definition) is 0. The molecule has 0 unspecified atom stereocenters. The van der Waals surface area contributed by atoms with Gasteiger partial charge < -0.3 is 4.42 Å². The lowest BCUT2D eigenvalue weighted by Gasteiger charge is -2.23. The van der Waals surface area contributed by atoms with Gasteiger partial charge in [-0.25, -0.2) is 9.97 Å². The molecule has 2 rings (SSSR count). The van der Waals surface area contributed by atoms with Gasteiger partial charge in [0.2, 0.25) is 11.8 Å². The van der Waals surface area contributed by atoms with Gasteiger partial charge in [0.1, 0.15) is 5.76 Å². The topological polar surface area (TPSA) is 59.2 Å². The van der Waals surface area contributed by atoms with Crippen molar-refractivity contribution in [3.05, 3.63) is 23.0 Å². The van der Waals surface area contributed by atoms with Crippen molar-refractivity contribution < 1.29 is 9.21 Å². The Labute approximate surface area is 158 Å². The van der Waals surface area contributed by atoms with Crippen LogP contribution in [0.25, 0.3) is 0 Å². The maximum atomic E-state index is 12.5. The molecule has 0 spiro atoms. The largest absolute Gasteiger partial charge is 0.444 e. The number of amides is 1. The second-order valence-electron chi connectivity index (χ2n) is 7.76. The average Bonchev–Trinajstić information content (AvgIpc) is 3.00. The van der Waals surface area contributed by atoms with Crippen LogP contribution in [-0.2, 0) is 9.54 Å². The Morgan fingerprint density at radius 1 is 1.08 bits per heavy atom. The molecule has 0 fully saturated rings. The van der Waals surface area contributed by atoms with Gasteiger partial charge in [0.25, 0.3) is 0 Å². The van der Waals surface area contributed by atoms with Crippen LogP contribution < -0.4 is 4.90 Å². The highest BCUT2D eigenvalue weighted by Crippen LogP contribution is 2.46. The first-order valence-corrected chi connectivity index (χ1v) is 9.85. The molecule has 1 amide bonds. The zero-order valence-electron chi connectivity index (χ0n) is 16.5. The van der Waals surface area contributed by atoms with Crippen LogP contribution in [0.2, 0.25) is 0 Å². The highest BCUT2D eigenvalue weighted by molar-refractivity contribution is 8.02. The number of aromatic nitrogens is 2. The van der Waals surface area contributed by atoms with Gasteiger partial charge >= 0.3 is 0 Å². The highest BCUT2D eigenvalue weighted by Gasteiger charge is 2.32. The average molecular weight is 382 g/mol. The van der Waals surface area contributed by atoms with Crippen molar-refractivity contribution in [2.75, 3.05) is 11.9 Å². The molecule has 0 radical (unpaired) electrons. The van der Waals surface area contributed by atoms with Crippen LogP contribution in [0.5, 0.6) is 0 Å². The Morgan fingerprint density at radius 2 is 1.68 bits per heavy atom. The number of nitrogens with zero attached hydrogens (tertiary/aromatic N) is 3. The van der Waals surface area contributed by atoms with Crippen LogP contribution in [-0.4, -0.2) is 22.9 Å². The van der Waals surface area contributed by atoms with E-state index in [2.05, 4.69) is 23.8 Å². The summed E-state index contributed by atoms with van der Waals surface area (Å²) in [5.74, 6) is 1.61. The summed E-state index contributed by atoms with van der Waals surface area (Å²) in [6.45, 7) is 15.8. The highest BCUT2D eigenvalue weighted by atomic mass is 32.2. The van der Waals surface area contributed by atoms with E-state index in [1.807, 2.05) is 41.5 Å². The Hall–Kier alpha value is -1.34. The lowest BCUT2D eigenvalue weighted by molar-refractivity contribution is -0.125. The van der Waals surface area contributed by atoms with Crippen LogP contribution in [0.4, 0.5) is 5.13 Å². The number of carbonyl (C=O) groups excluding carboxylic acids is 1. The zero-order valence-corrected chi connectivity index (χ0v) is 18.1. The first kappa shape index (κ1) is 20.0. The quantitative estimate of drug-likeness (QED) is 0.690. The van der Waals surface area contributed by atoms with Gasteiger partial charge in [0.05, 0.1) is 20.3 Å². The maximum Gasteiger partial charge on any atom is 0.233 e. The summed E-state index contributed by atoms with van der Waals surface area (Å²) in [6, 6.07) is 0. The summed E-state index contributed by atoms with van der Waals surface area (Å²) >= 11 is 3.20. The van der Waals surface area contributed by atoms with Crippen LogP contribution in [0.1, 0.15) is 57.7 Å². The van der Waals surface area contributed by atoms with Gasteiger partial charge in [-0.05, 0) is 34.6 Å². The minimum atomic E-state index is -0.436. The summed E-state index contributed by atoms with van der Waals surface area (Å²) in [5.41, 5.74) is 1.40. The van der Waals surface area contributed by atoms with Gasteiger partial charge in [-0.3, -0.25) is 9.69 Å². The Morgan fingerprint density at radius 3 is 2.16 bits per heavy atom. The van der Waals surface area contributed by atoms with E-state index in [1.54, 1.807) is 23.7 Å². The van der Waals surface area contributed by atoms with Crippen LogP contribution in [0.15, 0.2) is 8.63 Å². The van der Waals surface area contributed by atoms with Crippen LogP contribution in [0, 0.1) is 26.2 Å². The normalized spacial score (nSPS) is 12.5. The number of carbonyl (C=O) groups is 1. The molecule has 0 aliphatic heterocycles. The lowest BCUT2D eigenvalue weighted by Crippen LogP contribution is -2.36. The Bertz CT molecular complexity index is 765. The molecular weight excluding hydrogens is 354 g/mol. The van der Waals surface area contributed by atoms with Crippen molar-refractivity contribution in [3.63, 3.8) is 0 Å². The summed E-state index contributed by atoms with van der Waals surface area (Å²) < 4.78 is 6.57. The second-order valence-corrected chi connectivity index (χ2v) is 10.6. The molecule has 0 bridgehead atoms. The Balaban J connectivity index is 2.27. The van der Waals surface area contributed by atoms with Crippen molar-refractivity contribution in [1.82, 2.24) is 9.97 Å². The third-order valence-electron chi connectivity index (χ3n) is 3.87. The molecule has 7 heteroatoms. The van der Waals surface area contributed by atoms with E-state index in [1.165, 1.54) is 11.3 Å². The molecule has 2 heterocycles. The molecular formula is C18H27N3O2S2. The summed E-state index contributed by atoms with van der Waals surface area (Å²) in [4.78, 5) is 23.3. The Kier molecular flexibility index (Phi) is 5.40. The maximum absolute atomic E-state index is 12.5. The van der Waals surface area contributed by atoms with Crippen molar-refractivity contribution in [2.45, 2.75) is 64.3 Å². The molecule has 25 heavy (non-hydrogen) atoms. The molecule has 2 aromatic rings. The van der Waals surface area contributed by atoms with Crippen molar-refractivity contribution >= 4 is 34.1 Å². The van der Waals surface area contributed by atoms with Gasteiger partial charge in [-0.15, -0.1) is 0 Å². The fourth-order valence-electron chi connectivity index (χ4n) is 2.20. The predicted octanol–water partition coefficient (Wildman–Crippen LogP) is 5.09. The van der Waals surface area contributed by atoms with Crippen LogP contribution >= 0.6 is 23.1 Å². The minimum Gasteiger partial charge on any atom is -0.444 e. The van der Waals surface area contributed by atoms with E-state index >= 15 is 0 Å². The molecule has 0 saturated heterocycles. The summed E-state index contributed by atoms with van der Waals surface area (Å²) in [7, 11) is 1.78. The molecule has 0 saturated carbocycles. The zero-order chi connectivity index (χ0) is 19.2. The molecule has 0 aliphatic rings. The number of thioether (sulfide) groups is 1. The number of anilines is 1. The number of oxazole rings is 1. The van der Waals surface area contributed by atoms with Crippen molar-refractivity contribution in [3.8, 4) is 0 Å². The standard InChI is InChI=1S/C18H27N3O2S2/c1-10-12(3)23-14(19-10)18(7,8)25-13-11(2)20-16(24-13)21(9)15(22)17(4,5)6/h1-9H3. The molecule has 138 valence electrons. The van der Waals surface area contributed by atoms with E-state index in [4.69, 9.17) is 4.42 Å². The SMILES string of the molecule is Cc1nc(C(C)(C)Sc2sc(N(C)C(=O)C(C)(C)C)nc2C)oc1C. The van der Waals surface area contributed by atoms with Gasteiger partial charge in [-0.1, -0.05) is 43.9 Å². The van der Waals surface area contributed by atoms with Gasteiger partial charge in [0, 0.05) is 12.5 Å². The fourth-order valence-corrected chi connectivity index (χ4v) is 4.81. The van der Waals surface area contributed by atoms with E-state index in [0.717, 1.165) is 26.5 Å². The third-order valence-corrected chi connectivity index (χ3v) is 6.56. The van der Waals surface area contributed by atoms with E-state index < -0.39 is 5.41 Å². The first-order chi connectivity index (χ1) is 11.3. The molecule has 0 N–H and O–H groups in total. The summed E-state index contributed by atoms with van der Waals surface area (Å²) in [6.07, 6.45) is 0.